The van der Waals surface area contributed by atoms with E-state index in [0.29, 0.717) is 18.8 Å². The van der Waals surface area contributed by atoms with E-state index >= 15 is 0 Å². The number of furan rings is 1. The van der Waals surface area contributed by atoms with Crippen LogP contribution in [0, 0.1) is 0 Å². The molecule has 1 rings (SSSR count). The van der Waals surface area contributed by atoms with Crippen LogP contribution in [0.4, 0.5) is 0 Å². The van der Waals surface area contributed by atoms with Gasteiger partial charge in [-0.15, -0.1) is 0 Å². The quantitative estimate of drug-likeness (QED) is 0.638. The summed E-state index contributed by atoms with van der Waals surface area (Å²) in [5.74, 6) is 0.153. The van der Waals surface area contributed by atoms with Crippen molar-refractivity contribution in [3.63, 3.8) is 0 Å². The summed E-state index contributed by atoms with van der Waals surface area (Å²) in [5.41, 5.74) is 5.26. The second kappa shape index (κ2) is 4.56. The van der Waals surface area contributed by atoms with Gasteiger partial charge in [0.25, 0.3) is 5.91 Å². The Labute approximate surface area is 70.7 Å². The zero-order valence-electron chi connectivity index (χ0n) is 6.75. The minimum Gasteiger partial charge on any atom is -0.459 e. The molecule has 4 nitrogen and oxygen atoms in total. The summed E-state index contributed by atoms with van der Waals surface area (Å²) >= 11 is 0. The molecule has 0 aliphatic carbocycles. The van der Waals surface area contributed by atoms with Gasteiger partial charge in [0, 0.05) is 6.54 Å². The molecule has 1 aromatic heterocycles. The Kier molecular flexibility index (Phi) is 3.35. The van der Waals surface area contributed by atoms with Crippen LogP contribution in [0.5, 0.6) is 0 Å². The van der Waals surface area contributed by atoms with Crippen molar-refractivity contribution in [3.8, 4) is 0 Å². The summed E-state index contributed by atoms with van der Waals surface area (Å²) in [5, 5.41) is 2.67. The number of nitrogens with two attached hydrogens (primary N) is 1. The maximum Gasteiger partial charge on any atom is 0.286 e. The molecular weight excluding hydrogens is 156 g/mol. The van der Waals surface area contributed by atoms with E-state index in [1.54, 1.807) is 12.1 Å². The number of nitrogens with one attached hydrogen (secondary N) is 1. The molecule has 0 aromatic carbocycles. The molecule has 0 atom stereocenters. The molecule has 0 bridgehead atoms. The topological polar surface area (TPSA) is 68.3 Å². The molecule has 3 N–H and O–H groups in total. The molecule has 66 valence electrons. The third kappa shape index (κ3) is 2.39. The van der Waals surface area contributed by atoms with Gasteiger partial charge < -0.3 is 15.5 Å². The standard InChI is InChI=1S/C8H12N2O2/c9-4-2-5-10-8(11)7-3-1-6-12-7/h1,3,6H,2,4-5,9H2,(H,10,11). The molecule has 0 spiro atoms. The lowest BCUT2D eigenvalue weighted by molar-refractivity contribution is 0.0926. The number of carbonyl (C=O) groups is 1. The summed E-state index contributed by atoms with van der Waals surface area (Å²) in [4.78, 5) is 11.1. The molecule has 0 saturated heterocycles. The van der Waals surface area contributed by atoms with Gasteiger partial charge in [-0.1, -0.05) is 0 Å². The van der Waals surface area contributed by atoms with Crippen LogP contribution in [0.1, 0.15) is 17.0 Å². The molecule has 0 aliphatic heterocycles. The highest BCUT2D eigenvalue weighted by molar-refractivity contribution is 5.91. The number of hydrogen-bond acceptors (Lipinski definition) is 3. The Balaban J connectivity index is 2.30. The minimum absolute atomic E-state index is 0.187. The molecular formula is C8H12N2O2. The summed E-state index contributed by atoms with van der Waals surface area (Å²) in [6, 6.07) is 3.30. The molecule has 0 fully saturated rings. The van der Waals surface area contributed by atoms with Crippen LogP contribution in [0.2, 0.25) is 0 Å². The van der Waals surface area contributed by atoms with Crippen molar-refractivity contribution in [2.45, 2.75) is 6.42 Å². The fourth-order valence-electron chi connectivity index (χ4n) is 0.799. The molecule has 4 heteroatoms. The first-order chi connectivity index (χ1) is 5.84. The van der Waals surface area contributed by atoms with Crippen molar-refractivity contribution in [2.75, 3.05) is 13.1 Å². The SMILES string of the molecule is NCCCNC(=O)c1ccco1. The van der Waals surface area contributed by atoms with Crippen molar-refractivity contribution in [2.24, 2.45) is 5.73 Å². The van der Waals surface area contributed by atoms with Gasteiger partial charge in [-0.05, 0) is 25.1 Å². The highest BCUT2D eigenvalue weighted by atomic mass is 16.3. The molecule has 0 radical (unpaired) electrons. The lowest BCUT2D eigenvalue weighted by Crippen LogP contribution is -2.25. The van der Waals surface area contributed by atoms with E-state index in [4.69, 9.17) is 10.2 Å². The summed E-state index contributed by atoms with van der Waals surface area (Å²) in [6.07, 6.45) is 2.25. The number of amides is 1. The van der Waals surface area contributed by atoms with Gasteiger partial charge in [-0.2, -0.15) is 0 Å². The van der Waals surface area contributed by atoms with Crippen molar-refractivity contribution in [1.82, 2.24) is 5.32 Å². The Morgan fingerprint density at radius 3 is 3.08 bits per heavy atom. The van der Waals surface area contributed by atoms with Gasteiger partial charge in [0.2, 0.25) is 0 Å². The molecule has 1 amide bonds. The van der Waals surface area contributed by atoms with Gasteiger partial charge in [-0.25, -0.2) is 0 Å². The first kappa shape index (κ1) is 8.80. The van der Waals surface area contributed by atoms with Crippen LogP contribution in [-0.2, 0) is 0 Å². The fourth-order valence-corrected chi connectivity index (χ4v) is 0.799. The molecule has 0 aliphatic rings. The normalized spacial score (nSPS) is 9.75. The summed E-state index contributed by atoms with van der Waals surface area (Å²) in [7, 11) is 0. The van der Waals surface area contributed by atoms with Crippen molar-refractivity contribution >= 4 is 5.91 Å². The van der Waals surface area contributed by atoms with Crippen LogP contribution < -0.4 is 11.1 Å². The predicted molar refractivity (Wildman–Crippen MR) is 44.7 cm³/mol. The highest BCUT2D eigenvalue weighted by Crippen LogP contribution is 1.98. The van der Waals surface area contributed by atoms with E-state index in [-0.39, 0.29) is 5.91 Å². The minimum atomic E-state index is -0.187. The average molecular weight is 168 g/mol. The van der Waals surface area contributed by atoms with Crippen molar-refractivity contribution < 1.29 is 9.21 Å². The van der Waals surface area contributed by atoms with Gasteiger partial charge in [-0.3, -0.25) is 4.79 Å². The molecule has 0 saturated carbocycles. The van der Waals surface area contributed by atoms with Crippen LogP contribution in [-0.4, -0.2) is 19.0 Å². The average Bonchev–Trinajstić information content (AvgIpc) is 2.56. The fraction of sp³-hybridized carbons (Fsp3) is 0.375. The van der Waals surface area contributed by atoms with Crippen LogP contribution >= 0.6 is 0 Å². The third-order valence-corrected chi connectivity index (χ3v) is 1.41. The van der Waals surface area contributed by atoms with Crippen molar-refractivity contribution in [3.05, 3.63) is 24.2 Å². The van der Waals surface area contributed by atoms with Gasteiger partial charge in [0.1, 0.15) is 0 Å². The largest absolute Gasteiger partial charge is 0.459 e. The second-order valence-corrected chi connectivity index (χ2v) is 2.38. The first-order valence-corrected chi connectivity index (χ1v) is 3.86. The second-order valence-electron chi connectivity index (χ2n) is 2.38. The Hall–Kier alpha value is -1.29. The molecule has 1 aromatic rings. The lowest BCUT2D eigenvalue weighted by atomic mass is 10.4. The van der Waals surface area contributed by atoms with Gasteiger partial charge in [0.15, 0.2) is 5.76 Å². The maximum atomic E-state index is 11.1. The molecule has 12 heavy (non-hydrogen) atoms. The molecule has 0 unspecified atom stereocenters. The van der Waals surface area contributed by atoms with Crippen LogP contribution in [0.25, 0.3) is 0 Å². The van der Waals surface area contributed by atoms with Crippen LogP contribution in [0.15, 0.2) is 22.8 Å². The van der Waals surface area contributed by atoms with Gasteiger partial charge >= 0.3 is 0 Å². The predicted octanol–water partition coefficient (Wildman–Crippen LogP) is 0.358. The van der Waals surface area contributed by atoms with E-state index in [1.165, 1.54) is 6.26 Å². The Bertz CT molecular complexity index is 231. The molecule has 1 heterocycles. The van der Waals surface area contributed by atoms with E-state index in [9.17, 15) is 4.79 Å². The Morgan fingerprint density at radius 1 is 1.67 bits per heavy atom. The maximum absolute atomic E-state index is 11.1. The number of hydrogen-bond donors (Lipinski definition) is 2. The van der Waals surface area contributed by atoms with Crippen molar-refractivity contribution in [1.29, 1.82) is 0 Å². The lowest BCUT2D eigenvalue weighted by Gasteiger charge is -1.99. The van der Waals surface area contributed by atoms with E-state index in [1.807, 2.05) is 0 Å². The first-order valence-electron chi connectivity index (χ1n) is 3.86. The zero-order chi connectivity index (χ0) is 8.81. The van der Waals surface area contributed by atoms with E-state index < -0.39 is 0 Å². The smallest absolute Gasteiger partial charge is 0.286 e. The van der Waals surface area contributed by atoms with E-state index in [0.717, 1.165) is 6.42 Å². The summed E-state index contributed by atoms with van der Waals surface area (Å²) < 4.78 is 4.88. The van der Waals surface area contributed by atoms with E-state index in [2.05, 4.69) is 5.32 Å². The third-order valence-electron chi connectivity index (χ3n) is 1.41. The Morgan fingerprint density at radius 2 is 2.50 bits per heavy atom. The number of rotatable bonds is 4. The monoisotopic (exact) mass is 168 g/mol. The summed E-state index contributed by atoms with van der Waals surface area (Å²) in [6.45, 7) is 1.18. The van der Waals surface area contributed by atoms with Crippen LogP contribution in [0.3, 0.4) is 0 Å². The highest BCUT2D eigenvalue weighted by Gasteiger charge is 2.05. The zero-order valence-corrected chi connectivity index (χ0v) is 6.75. The number of carbonyl (C=O) groups excluding carboxylic acids is 1. The van der Waals surface area contributed by atoms with Gasteiger partial charge in [0.05, 0.1) is 6.26 Å².